The summed E-state index contributed by atoms with van der Waals surface area (Å²) < 4.78 is 10.7. The van der Waals surface area contributed by atoms with E-state index in [1.165, 1.54) is 7.11 Å². The minimum Gasteiger partial charge on any atom is -0.495 e. The van der Waals surface area contributed by atoms with Gasteiger partial charge in [0.2, 0.25) is 0 Å². The third-order valence-electron chi connectivity index (χ3n) is 3.34. The fraction of sp³-hybridized carbons (Fsp3) is 0.222. The Labute approximate surface area is 135 Å². The molecule has 0 aliphatic heterocycles. The van der Waals surface area contributed by atoms with Gasteiger partial charge in [-0.3, -0.25) is 9.59 Å². The third kappa shape index (κ3) is 4.32. The highest BCUT2D eigenvalue weighted by Crippen LogP contribution is 2.25. The highest BCUT2D eigenvalue weighted by Gasteiger charge is 2.10. The van der Waals surface area contributed by atoms with Crippen LogP contribution in [0, 0.1) is 13.8 Å². The lowest BCUT2D eigenvalue weighted by Gasteiger charge is -2.12. The largest absolute Gasteiger partial charge is 0.495 e. The van der Waals surface area contributed by atoms with Gasteiger partial charge >= 0.3 is 0 Å². The number of methoxy groups -OCH3 is 1. The van der Waals surface area contributed by atoms with E-state index in [2.05, 4.69) is 5.32 Å². The smallest absolute Gasteiger partial charge is 0.262 e. The van der Waals surface area contributed by atoms with Gasteiger partial charge in [0.25, 0.3) is 5.91 Å². The van der Waals surface area contributed by atoms with Crippen molar-refractivity contribution in [1.82, 2.24) is 0 Å². The first-order valence-electron chi connectivity index (χ1n) is 7.16. The lowest BCUT2D eigenvalue weighted by Crippen LogP contribution is -2.21. The molecule has 0 atom stereocenters. The number of rotatable bonds is 6. The number of hydrogen-bond donors (Lipinski definition) is 1. The molecule has 120 valence electrons. The first-order chi connectivity index (χ1) is 11.0. The maximum absolute atomic E-state index is 12.1. The number of hydrogen-bond acceptors (Lipinski definition) is 4. The Morgan fingerprint density at radius 2 is 1.91 bits per heavy atom. The molecule has 0 saturated heterocycles. The molecule has 0 spiro atoms. The summed E-state index contributed by atoms with van der Waals surface area (Å²) >= 11 is 0. The summed E-state index contributed by atoms with van der Waals surface area (Å²) in [5.74, 6) is 0.830. The Kier molecular flexibility index (Phi) is 5.36. The third-order valence-corrected chi connectivity index (χ3v) is 3.34. The highest BCUT2D eigenvalue weighted by atomic mass is 16.5. The van der Waals surface area contributed by atoms with Crippen LogP contribution in [0.1, 0.15) is 21.5 Å². The average molecular weight is 313 g/mol. The predicted molar refractivity (Wildman–Crippen MR) is 88.4 cm³/mol. The first kappa shape index (κ1) is 16.5. The molecule has 5 nitrogen and oxygen atoms in total. The normalized spacial score (nSPS) is 10.0. The standard InChI is InChI=1S/C18H19NO4/c1-12-4-5-13(2)17(8-12)23-11-18(21)19-15-9-14(10-20)6-7-16(15)22-3/h4-10H,11H2,1-3H3,(H,19,21). The lowest BCUT2D eigenvalue weighted by atomic mass is 10.1. The van der Waals surface area contributed by atoms with Crippen molar-refractivity contribution in [2.75, 3.05) is 19.0 Å². The van der Waals surface area contributed by atoms with Crippen molar-refractivity contribution < 1.29 is 19.1 Å². The molecule has 0 heterocycles. The van der Waals surface area contributed by atoms with Crippen molar-refractivity contribution >= 4 is 17.9 Å². The number of ether oxygens (including phenoxy) is 2. The zero-order valence-electron chi connectivity index (χ0n) is 13.4. The van der Waals surface area contributed by atoms with Crippen molar-refractivity contribution in [3.63, 3.8) is 0 Å². The van der Waals surface area contributed by atoms with Crippen molar-refractivity contribution in [2.45, 2.75) is 13.8 Å². The maximum atomic E-state index is 12.1. The summed E-state index contributed by atoms with van der Waals surface area (Å²) in [5.41, 5.74) is 2.92. The van der Waals surface area contributed by atoms with E-state index in [0.717, 1.165) is 11.1 Å². The first-order valence-corrected chi connectivity index (χ1v) is 7.16. The summed E-state index contributed by atoms with van der Waals surface area (Å²) in [7, 11) is 1.50. The molecule has 23 heavy (non-hydrogen) atoms. The van der Waals surface area contributed by atoms with Crippen LogP contribution in [0.2, 0.25) is 0 Å². The molecule has 0 aromatic heterocycles. The number of aldehydes is 1. The van der Waals surface area contributed by atoms with Crippen molar-refractivity contribution in [2.24, 2.45) is 0 Å². The van der Waals surface area contributed by atoms with E-state index >= 15 is 0 Å². The van der Waals surface area contributed by atoms with Gasteiger partial charge < -0.3 is 14.8 Å². The molecular formula is C18H19NO4. The number of anilines is 1. The molecule has 1 amide bonds. The SMILES string of the molecule is COc1ccc(C=O)cc1NC(=O)COc1cc(C)ccc1C. The fourth-order valence-electron chi connectivity index (χ4n) is 2.09. The topological polar surface area (TPSA) is 64.6 Å². The predicted octanol–water partition coefficient (Wildman–Crippen LogP) is 3.14. The summed E-state index contributed by atoms with van der Waals surface area (Å²) in [5, 5.41) is 2.69. The van der Waals surface area contributed by atoms with E-state index in [0.29, 0.717) is 29.0 Å². The number of carbonyl (C=O) groups excluding carboxylic acids is 2. The molecule has 0 saturated carbocycles. The Hall–Kier alpha value is -2.82. The van der Waals surface area contributed by atoms with Gasteiger partial charge in [0, 0.05) is 5.56 Å². The summed E-state index contributed by atoms with van der Waals surface area (Å²) in [4.78, 5) is 22.9. The van der Waals surface area contributed by atoms with E-state index in [1.807, 2.05) is 32.0 Å². The van der Waals surface area contributed by atoms with Crippen LogP contribution in [0.15, 0.2) is 36.4 Å². The molecule has 0 fully saturated rings. The molecule has 0 bridgehead atoms. The summed E-state index contributed by atoms with van der Waals surface area (Å²) in [6.45, 7) is 3.75. The van der Waals surface area contributed by atoms with E-state index < -0.39 is 0 Å². The quantitative estimate of drug-likeness (QED) is 0.832. The monoisotopic (exact) mass is 313 g/mol. The molecule has 2 aromatic carbocycles. The second-order valence-electron chi connectivity index (χ2n) is 5.18. The molecule has 0 unspecified atom stereocenters. The molecular weight excluding hydrogens is 294 g/mol. The second-order valence-corrected chi connectivity index (χ2v) is 5.18. The van der Waals surface area contributed by atoms with Crippen molar-refractivity contribution in [3.05, 3.63) is 53.1 Å². The van der Waals surface area contributed by atoms with Crippen LogP contribution in [0.25, 0.3) is 0 Å². The second kappa shape index (κ2) is 7.45. The average Bonchev–Trinajstić information content (AvgIpc) is 2.55. The molecule has 0 radical (unpaired) electrons. The molecule has 2 aromatic rings. The number of carbonyl (C=O) groups is 2. The van der Waals surface area contributed by atoms with Crippen molar-refractivity contribution in [3.8, 4) is 11.5 Å². The number of amides is 1. The van der Waals surface area contributed by atoms with E-state index in [1.54, 1.807) is 18.2 Å². The maximum Gasteiger partial charge on any atom is 0.262 e. The molecule has 1 N–H and O–H groups in total. The van der Waals surface area contributed by atoms with E-state index in [4.69, 9.17) is 9.47 Å². The molecule has 2 rings (SSSR count). The van der Waals surface area contributed by atoms with Crippen LogP contribution >= 0.6 is 0 Å². The molecule has 0 aliphatic rings. The zero-order valence-corrected chi connectivity index (χ0v) is 13.4. The van der Waals surface area contributed by atoms with Crippen LogP contribution in [-0.2, 0) is 4.79 Å². The van der Waals surface area contributed by atoms with Gasteiger partial charge in [0.15, 0.2) is 6.61 Å². The van der Waals surface area contributed by atoms with Gasteiger partial charge in [-0.15, -0.1) is 0 Å². The number of benzene rings is 2. The molecule has 0 aliphatic carbocycles. The summed E-state index contributed by atoms with van der Waals surface area (Å²) in [6.07, 6.45) is 0.710. The number of nitrogens with one attached hydrogen (secondary N) is 1. The van der Waals surface area contributed by atoms with Crippen LogP contribution in [-0.4, -0.2) is 25.9 Å². The zero-order chi connectivity index (χ0) is 16.8. The Balaban J connectivity index is 2.05. The minimum atomic E-state index is -0.327. The van der Waals surface area contributed by atoms with Crippen LogP contribution in [0.3, 0.4) is 0 Å². The van der Waals surface area contributed by atoms with Gasteiger partial charge in [-0.25, -0.2) is 0 Å². The Morgan fingerprint density at radius 3 is 2.61 bits per heavy atom. The summed E-state index contributed by atoms with van der Waals surface area (Å²) in [6, 6.07) is 10.6. The van der Waals surface area contributed by atoms with Crippen LogP contribution < -0.4 is 14.8 Å². The molecule has 5 heteroatoms. The van der Waals surface area contributed by atoms with Crippen LogP contribution in [0.4, 0.5) is 5.69 Å². The number of aryl methyl sites for hydroxylation is 2. The van der Waals surface area contributed by atoms with Gasteiger partial charge in [-0.2, -0.15) is 0 Å². The lowest BCUT2D eigenvalue weighted by molar-refractivity contribution is -0.118. The van der Waals surface area contributed by atoms with Crippen LogP contribution in [0.5, 0.6) is 11.5 Å². The highest BCUT2D eigenvalue weighted by molar-refractivity contribution is 5.94. The van der Waals surface area contributed by atoms with E-state index in [-0.39, 0.29) is 12.5 Å². The Morgan fingerprint density at radius 1 is 1.13 bits per heavy atom. The van der Waals surface area contributed by atoms with Crippen molar-refractivity contribution in [1.29, 1.82) is 0 Å². The van der Waals surface area contributed by atoms with Gasteiger partial charge in [0.1, 0.15) is 17.8 Å². The minimum absolute atomic E-state index is 0.126. The fourth-order valence-corrected chi connectivity index (χ4v) is 2.09. The van der Waals surface area contributed by atoms with E-state index in [9.17, 15) is 9.59 Å². The van der Waals surface area contributed by atoms with Gasteiger partial charge in [0.05, 0.1) is 12.8 Å². The van der Waals surface area contributed by atoms with Gasteiger partial charge in [-0.05, 0) is 49.2 Å². The van der Waals surface area contributed by atoms with Gasteiger partial charge in [-0.1, -0.05) is 12.1 Å². The Bertz CT molecular complexity index is 725.